The van der Waals surface area contributed by atoms with Crippen LogP contribution in [0.1, 0.15) is 29.8 Å². The number of rotatable bonds is 3. The van der Waals surface area contributed by atoms with E-state index in [0.29, 0.717) is 6.54 Å². The minimum atomic E-state index is -0.240. The highest BCUT2D eigenvalue weighted by Crippen LogP contribution is 2.24. The molecular weight excluding hydrogens is 229 g/mol. The molecule has 0 radical (unpaired) electrons. The highest BCUT2D eigenvalue weighted by Gasteiger charge is 2.17. The predicted octanol–water partition coefficient (Wildman–Crippen LogP) is 2.69. The molecule has 0 spiro atoms. The Bertz CT molecular complexity index is 543. The van der Waals surface area contributed by atoms with Crippen LogP contribution in [0.3, 0.4) is 0 Å². The summed E-state index contributed by atoms with van der Waals surface area (Å²) >= 11 is 0. The van der Waals surface area contributed by atoms with Gasteiger partial charge in [0.2, 0.25) is 0 Å². The van der Waals surface area contributed by atoms with Crippen molar-refractivity contribution in [2.45, 2.75) is 26.7 Å². The molecule has 0 amide bonds. The summed E-state index contributed by atoms with van der Waals surface area (Å²) in [7, 11) is 0. The van der Waals surface area contributed by atoms with Crippen LogP contribution in [0.5, 0.6) is 0 Å². The molecule has 0 saturated carbocycles. The van der Waals surface area contributed by atoms with E-state index in [1.54, 1.807) is 12.1 Å². The number of benzene rings is 1. The number of halogens is 1. The van der Waals surface area contributed by atoms with Crippen LogP contribution in [-0.4, -0.2) is 16.3 Å². The molecule has 0 aliphatic heterocycles. The minimum absolute atomic E-state index is 0.240. The molecule has 0 saturated heterocycles. The van der Waals surface area contributed by atoms with Crippen LogP contribution in [0.2, 0.25) is 0 Å². The molecular formula is C14H18FN3. The average molecular weight is 247 g/mol. The van der Waals surface area contributed by atoms with Gasteiger partial charge in [0.05, 0.1) is 11.4 Å². The summed E-state index contributed by atoms with van der Waals surface area (Å²) in [6.45, 7) is 6.68. The fraction of sp³-hybridized carbons (Fsp3) is 0.357. The van der Waals surface area contributed by atoms with Crippen molar-refractivity contribution in [2.24, 2.45) is 5.73 Å². The van der Waals surface area contributed by atoms with E-state index in [9.17, 15) is 4.39 Å². The standard InChI is InChI=1S/C14H18FN3/c1-9(8-16)14-10(2)17-18(11(14)3)13-6-4-12(15)5-7-13/h4-7,9H,8,16H2,1-3H3. The SMILES string of the molecule is Cc1nn(-c2ccc(F)cc2)c(C)c1C(C)CN. The van der Waals surface area contributed by atoms with Crippen molar-refractivity contribution in [3.8, 4) is 5.69 Å². The van der Waals surface area contributed by atoms with Crippen LogP contribution in [-0.2, 0) is 0 Å². The van der Waals surface area contributed by atoms with Gasteiger partial charge < -0.3 is 5.73 Å². The van der Waals surface area contributed by atoms with E-state index in [0.717, 1.165) is 17.1 Å². The lowest BCUT2D eigenvalue weighted by Crippen LogP contribution is -2.10. The van der Waals surface area contributed by atoms with E-state index >= 15 is 0 Å². The van der Waals surface area contributed by atoms with Gasteiger partial charge in [-0.1, -0.05) is 6.92 Å². The number of hydrogen-bond donors (Lipinski definition) is 1. The van der Waals surface area contributed by atoms with Gasteiger partial charge in [-0.05, 0) is 50.6 Å². The van der Waals surface area contributed by atoms with E-state index in [1.165, 1.54) is 17.7 Å². The molecule has 2 N–H and O–H groups in total. The zero-order valence-corrected chi connectivity index (χ0v) is 10.9. The molecule has 3 nitrogen and oxygen atoms in total. The molecule has 1 aromatic carbocycles. The van der Waals surface area contributed by atoms with E-state index in [4.69, 9.17) is 5.73 Å². The van der Waals surface area contributed by atoms with Gasteiger partial charge in [0.1, 0.15) is 5.82 Å². The lowest BCUT2D eigenvalue weighted by Gasteiger charge is -2.10. The summed E-state index contributed by atoms with van der Waals surface area (Å²) < 4.78 is 14.8. The zero-order chi connectivity index (χ0) is 13.3. The summed E-state index contributed by atoms with van der Waals surface area (Å²) in [5.74, 6) is 0.0371. The molecule has 2 aromatic rings. The summed E-state index contributed by atoms with van der Waals surface area (Å²) in [5, 5.41) is 4.52. The molecule has 18 heavy (non-hydrogen) atoms. The third-order valence-corrected chi connectivity index (χ3v) is 3.26. The highest BCUT2D eigenvalue weighted by atomic mass is 19.1. The second-order valence-corrected chi connectivity index (χ2v) is 4.61. The van der Waals surface area contributed by atoms with E-state index < -0.39 is 0 Å². The molecule has 1 unspecified atom stereocenters. The minimum Gasteiger partial charge on any atom is -0.330 e. The molecule has 2 rings (SSSR count). The van der Waals surface area contributed by atoms with Crippen molar-refractivity contribution in [1.82, 2.24) is 9.78 Å². The van der Waals surface area contributed by atoms with Gasteiger partial charge in [-0.3, -0.25) is 0 Å². The maximum absolute atomic E-state index is 12.9. The third-order valence-electron chi connectivity index (χ3n) is 3.26. The molecule has 96 valence electrons. The van der Waals surface area contributed by atoms with E-state index in [1.807, 2.05) is 18.5 Å². The second-order valence-electron chi connectivity index (χ2n) is 4.61. The first-order chi connectivity index (χ1) is 8.54. The average Bonchev–Trinajstić information content (AvgIpc) is 2.65. The van der Waals surface area contributed by atoms with Crippen LogP contribution in [0.15, 0.2) is 24.3 Å². The maximum Gasteiger partial charge on any atom is 0.123 e. The molecule has 4 heteroatoms. The van der Waals surface area contributed by atoms with Gasteiger partial charge in [0, 0.05) is 11.3 Å². The molecule has 0 aliphatic rings. The molecule has 0 bridgehead atoms. The summed E-state index contributed by atoms with van der Waals surface area (Å²) in [6.07, 6.45) is 0. The molecule has 0 fully saturated rings. The Morgan fingerprint density at radius 2 is 1.89 bits per heavy atom. The fourth-order valence-corrected chi connectivity index (χ4v) is 2.32. The Balaban J connectivity index is 2.50. The van der Waals surface area contributed by atoms with Crippen LogP contribution < -0.4 is 5.73 Å². The van der Waals surface area contributed by atoms with Crippen LogP contribution in [0, 0.1) is 19.7 Å². The number of nitrogens with two attached hydrogens (primary N) is 1. The Morgan fingerprint density at radius 3 is 2.44 bits per heavy atom. The smallest absolute Gasteiger partial charge is 0.123 e. The van der Waals surface area contributed by atoms with Crippen molar-refractivity contribution < 1.29 is 4.39 Å². The third kappa shape index (κ3) is 2.16. The van der Waals surface area contributed by atoms with Crippen LogP contribution in [0.4, 0.5) is 4.39 Å². The van der Waals surface area contributed by atoms with Crippen molar-refractivity contribution in [3.63, 3.8) is 0 Å². The van der Waals surface area contributed by atoms with Crippen molar-refractivity contribution in [2.75, 3.05) is 6.54 Å². The number of hydrogen-bond acceptors (Lipinski definition) is 2. The first-order valence-corrected chi connectivity index (χ1v) is 6.06. The van der Waals surface area contributed by atoms with Crippen molar-refractivity contribution >= 4 is 0 Å². The Kier molecular flexibility index (Phi) is 3.48. The first-order valence-electron chi connectivity index (χ1n) is 6.06. The maximum atomic E-state index is 12.9. The zero-order valence-electron chi connectivity index (χ0n) is 10.9. The van der Waals surface area contributed by atoms with Gasteiger partial charge in [0.25, 0.3) is 0 Å². The topological polar surface area (TPSA) is 43.8 Å². The van der Waals surface area contributed by atoms with Crippen LogP contribution >= 0.6 is 0 Å². The summed E-state index contributed by atoms with van der Waals surface area (Å²) in [6, 6.07) is 6.34. The van der Waals surface area contributed by atoms with Crippen molar-refractivity contribution in [1.29, 1.82) is 0 Å². The van der Waals surface area contributed by atoms with Gasteiger partial charge >= 0.3 is 0 Å². The monoisotopic (exact) mass is 247 g/mol. The summed E-state index contributed by atoms with van der Waals surface area (Å²) in [5.41, 5.74) is 9.82. The highest BCUT2D eigenvalue weighted by molar-refractivity contribution is 5.38. The van der Waals surface area contributed by atoms with Gasteiger partial charge in [-0.25, -0.2) is 9.07 Å². The molecule has 1 aromatic heterocycles. The molecule has 1 heterocycles. The Hall–Kier alpha value is -1.68. The van der Waals surface area contributed by atoms with Gasteiger partial charge in [-0.2, -0.15) is 5.10 Å². The van der Waals surface area contributed by atoms with E-state index in [2.05, 4.69) is 12.0 Å². The predicted molar refractivity (Wildman–Crippen MR) is 70.5 cm³/mol. The lowest BCUT2D eigenvalue weighted by molar-refractivity contribution is 0.627. The van der Waals surface area contributed by atoms with Gasteiger partial charge in [0.15, 0.2) is 0 Å². The number of nitrogens with zero attached hydrogens (tertiary/aromatic N) is 2. The normalized spacial score (nSPS) is 12.7. The lowest BCUT2D eigenvalue weighted by atomic mass is 9.99. The van der Waals surface area contributed by atoms with Crippen molar-refractivity contribution in [3.05, 3.63) is 47.0 Å². The largest absolute Gasteiger partial charge is 0.330 e. The molecule has 1 atom stereocenters. The Morgan fingerprint density at radius 1 is 1.28 bits per heavy atom. The Labute approximate surface area is 106 Å². The van der Waals surface area contributed by atoms with Gasteiger partial charge in [-0.15, -0.1) is 0 Å². The fourth-order valence-electron chi connectivity index (χ4n) is 2.32. The first kappa shape index (κ1) is 12.8. The quantitative estimate of drug-likeness (QED) is 0.906. The van der Waals surface area contributed by atoms with E-state index in [-0.39, 0.29) is 11.7 Å². The molecule has 0 aliphatic carbocycles. The number of aryl methyl sites for hydroxylation is 1. The second kappa shape index (κ2) is 4.90. The number of aromatic nitrogens is 2. The summed E-state index contributed by atoms with van der Waals surface area (Å²) in [4.78, 5) is 0. The van der Waals surface area contributed by atoms with Crippen LogP contribution in [0.25, 0.3) is 5.69 Å².